The fourth-order valence-corrected chi connectivity index (χ4v) is 5.40. The highest BCUT2D eigenvalue weighted by Gasteiger charge is 2.35. The van der Waals surface area contributed by atoms with E-state index in [4.69, 9.17) is 0 Å². The summed E-state index contributed by atoms with van der Waals surface area (Å²) in [6, 6.07) is 0. The largest absolute Gasteiger partial charge is 0.234 e. The maximum atomic E-state index is 4.51. The van der Waals surface area contributed by atoms with E-state index >= 15 is 0 Å². The van der Waals surface area contributed by atoms with Crippen molar-refractivity contribution in [1.29, 1.82) is 0 Å². The Morgan fingerprint density at radius 2 is 2.33 bits per heavy atom. The van der Waals surface area contributed by atoms with Gasteiger partial charge in [0.25, 0.3) is 0 Å². The molecule has 4 heteroatoms. The fourth-order valence-electron chi connectivity index (χ4n) is 2.00. The molecular formula is C8H8BrNS2. The van der Waals surface area contributed by atoms with E-state index in [2.05, 4.69) is 32.7 Å². The van der Waals surface area contributed by atoms with Crippen LogP contribution in [0, 0.1) is 0 Å². The van der Waals surface area contributed by atoms with Gasteiger partial charge in [0.05, 0.1) is 5.69 Å². The molecule has 0 N–H and O–H groups in total. The maximum absolute atomic E-state index is 4.51. The van der Waals surface area contributed by atoms with Gasteiger partial charge in [0, 0.05) is 21.8 Å². The van der Waals surface area contributed by atoms with Gasteiger partial charge in [-0.15, -0.1) is 23.1 Å². The highest BCUT2D eigenvalue weighted by atomic mass is 79.9. The monoisotopic (exact) mass is 261 g/mol. The van der Waals surface area contributed by atoms with Crippen LogP contribution in [0.4, 0.5) is 0 Å². The summed E-state index contributed by atoms with van der Waals surface area (Å²) >= 11 is 7.45. The first-order valence-corrected chi connectivity index (χ1v) is 6.69. The van der Waals surface area contributed by atoms with Crippen molar-refractivity contribution < 1.29 is 0 Å². The van der Waals surface area contributed by atoms with Crippen molar-refractivity contribution in [1.82, 2.24) is 4.98 Å². The second-order valence-electron chi connectivity index (χ2n) is 3.31. The molecule has 0 aromatic carbocycles. The van der Waals surface area contributed by atoms with Crippen molar-refractivity contribution in [3.8, 4) is 0 Å². The number of rotatable bonds is 0. The first-order valence-electron chi connectivity index (χ1n) is 4.13. The molecule has 2 unspecified atom stereocenters. The highest BCUT2D eigenvalue weighted by molar-refractivity contribution is 9.11. The van der Waals surface area contributed by atoms with E-state index in [1.54, 1.807) is 4.88 Å². The molecule has 1 saturated heterocycles. The van der Waals surface area contributed by atoms with Crippen LogP contribution < -0.4 is 0 Å². The van der Waals surface area contributed by atoms with Crippen LogP contribution in [0.3, 0.4) is 0 Å². The van der Waals surface area contributed by atoms with Gasteiger partial charge in [-0.3, -0.25) is 0 Å². The predicted octanol–water partition coefficient (Wildman–Crippen LogP) is 3.40. The van der Waals surface area contributed by atoms with Crippen molar-refractivity contribution >= 4 is 39.0 Å². The first-order chi connectivity index (χ1) is 5.83. The van der Waals surface area contributed by atoms with Gasteiger partial charge in [0.15, 0.2) is 3.92 Å². The molecule has 2 atom stereocenters. The molecule has 1 nitrogen and oxygen atoms in total. The van der Waals surface area contributed by atoms with Crippen LogP contribution >= 0.6 is 39.0 Å². The second kappa shape index (κ2) is 2.72. The molecule has 0 aliphatic carbocycles. The molecule has 12 heavy (non-hydrogen) atoms. The average Bonchev–Trinajstić information content (AvgIpc) is 2.57. The van der Waals surface area contributed by atoms with Crippen molar-refractivity contribution in [2.75, 3.05) is 0 Å². The van der Waals surface area contributed by atoms with Crippen LogP contribution in [0.15, 0.2) is 3.92 Å². The minimum atomic E-state index is 0.780. The first kappa shape index (κ1) is 7.83. The Balaban J connectivity index is 2.11. The molecule has 3 rings (SSSR count). The van der Waals surface area contributed by atoms with E-state index in [1.807, 2.05) is 11.3 Å². The van der Waals surface area contributed by atoms with Crippen LogP contribution in [0.25, 0.3) is 0 Å². The predicted molar refractivity (Wildman–Crippen MR) is 56.9 cm³/mol. The normalized spacial score (nSPS) is 32.1. The number of thiazole rings is 1. The Morgan fingerprint density at radius 1 is 1.42 bits per heavy atom. The molecule has 1 fully saturated rings. The molecule has 0 radical (unpaired) electrons. The maximum Gasteiger partial charge on any atom is 0.159 e. The van der Waals surface area contributed by atoms with Gasteiger partial charge >= 0.3 is 0 Å². The SMILES string of the molecule is Brc1nc2c(s1)C1CCC(C2)S1. The molecule has 2 bridgehead atoms. The lowest BCUT2D eigenvalue weighted by Gasteiger charge is -2.16. The van der Waals surface area contributed by atoms with Gasteiger partial charge in [-0.2, -0.15) is 0 Å². The van der Waals surface area contributed by atoms with E-state index < -0.39 is 0 Å². The fraction of sp³-hybridized carbons (Fsp3) is 0.625. The van der Waals surface area contributed by atoms with Gasteiger partial charge < -0.3 is 0 Å². The van der Waals surface area contributed by atoms with Gasteiger partial charge in [-0.05, 0) is 28.8 Å². The van der Waals surface area contributed by atoms with Gasteiger partial charge in [-0.25, -0.2) is 4.98 Å². The van der Waals surface area contributed by atoms with Crippen LogP contribution in [0.5, 0.6) is 0 Å². The Labute approximate surface area is 88.1 Å². The van der Waals surface area contributed by atoms with Crippen LogP contribution in [0.2, 0.25) is 0 Å². The van der Waals surface area contributed by atoms with E-state index in [0.29, 0.717) is 0 Å². The Morgan fingerprint density at radius 3 is 3.25 bits per heavy atom. The number of aromatic nitrogens is 1. The molecule has 2 aliphatic rings. The Hall–Kier alpha value is 0.460. The quantitative estimate of drug-likeness (QED) is 0.710. The van der Waals surface area contributed by atoms with Crippen LogP contribution in [-0.4, -0.2) is 10.2 Å². The van der Waals surface area contributed by atoms with Crippen LogP contribution in [-0.2, 0) is 6.42 Å². The minimum Gasteiger partial charge on any atom is -0.234 e. The van der Waals surface area contributed by atoms with Gasteiger partial charge in [0.1, 0.15) is 0 Å². The Kier molecular flexibility index (Phi) is 1.78. The van der Waals surface area contributed by atoms with Crippen molar-refractivity contribution in [2.45, 2.75) is 29.8 Å². The topological polar surface area (TPSA) is 12.9 Å². The number of halogens is 1. The number of hydrogen-bond acceptors (Lipinski definition) is 3. The zero-order valence-electron chi connectivity index (χ0n) is 6.42. The molecule has 2 aliphatic heterocycles. The summed E-state index contributed by atoms with van der Waals surface area (Å²) in [4.78, 5) is 6.06. The zero-order valence-corrected chi connectivity index (χ0v) is 9.64. The Bertz CT molecular complexity index is 323. The van der Waals surface area contributed by atoms with E-state index in [1.165, 1.54) is 25.0 Å². The molecule has 3 heterocycles. The number of fused-ring (bicyclic) bond motifs is 4. The third-order valence-electron chi connectivity index (χ3n) is 2.52. The lowest BCUT2D eigenvalue weighted by molar-refractivity contribution is 0.765. The lowest BCUT2D eigenvalue weighted by Crippen LogP contribution is -2.07. The van der Waals surface area contributed by atoms with Crippen LogP contribution in [0.1, 0.15) is 28.7 Å². The van der Waals surface area contributed by atoms with Gasteiger partial charge in [0.2, 0.25) is 0 Å². The molecule has 1 aromatic heterocycles. The van der Waals surface area contributed by atoms with E-state index in [9.17, 15) is 0 Å². The molecule has 0 saturated carbocycles. The molecule has 1 aromatic rings. The summed E-state index contributed by atoms with van der Waals surface area (Å²) in [5, 5.41) is 1.65. The average molecular weight is 262 g/mol. The van der Waals surface area contributed by atoms with Crippen molar-refractivity contribution in [2.24, 2.45) is 0 Å². The third kappa shape index (κ3) is 1.08. The smallest absolute Gasteiger partial charge is 0.159 e. The standard InChI is InChI=1S/C8H8BrNS2/c9-8-10-5-3-4-1-2-6(11-4)7(5)12-8/h4,6H,1-3H2. The summed E-state index contributed by atoms with van der Waals surface area (Å²) in [6.45, 7) is 0. The summed E-state index contributed by atoms with van der Waals surface area (Å²) in [7, 11) is 0. The number of thioether (sulfide) groups is 1. The van der Waals surface area contributed by atoms with E-state index in [0.717, 1.165) is 14.4 Å². The highest BCUT2D eigenvalue weighted by Crippen LogP contribution is 2.53. The number of nitrogens with zero attached hydrogens (tertiary/aromatic N) is 1. The summed E-state index contributed by atoms with van der Waals surface area (Å²) in [5.74, 6) is 0. The molecular weight excluding hydrogens is 254 g/mol. The molecule has 0 spiro atoms. The van der Waals surface area contributed by atoms with Gasteiger partial charge in [-0.1, -0.05) is 0 Å². The molecule has 64 valence electrons. The van der Waals surface area contributed by atoms with Crippen molar-refractivity contribution in [3.63, 3.8) is 0 Å². The summed E-state index contributed by atoms with van der Waals surface area (Å²) in [6.07, 6.45) is 3.98. The summed E-state index contributed by atoms with van der Waals surface area (Å²) < 4.78 is 1.07. The molecule has 0 amide bonds. The lowest BCUT2D eigenvalue weighted by atomic mass is 10.2. The zero-order chi connectivity index (χ0) is 8.13. The number of hydrogen-bond donors (Lipinski definition) is 0. The van der Waals surface area contributed by atoms with E-state index in [-0.39, 0.29) is 0 Å². The third-order valence-corrected chi connectivity index (χ3v) is 5.92. The van der Waals surface area contributed by atoms with Crippen molar-refractivity contribution in [3.05, 3.63) is 14.5 Å². The second-order valence-corrected chi connectivity index (χ2v) is 7.12. The summed E-state index contributed by atoms with van der Waals surface area (Å²) in [5.41, 5.74) is 1.37. The minimum absolute atomic E-state index is 0.780.